The third-order valence-corrected chi connectivity index (χ3v) is 5.85. The molecule has 0 N–H and O–H groups in total. The SMILES string of the molecule is CC(C)[C@@H]1CC[C@@H](C)C[C@H]1OC(=O)C1=CCC[C@@H]1c1ccccc1. The molecule has 24 heavy (non-hydrogen) atoms. The van der Waals surface area contributed by atoms with Crippen LogP contribution in [0.1, 0.15) is 64.4 Å². The molecule has 130 valence electrons. The van der Waals surface area contributed by atoms with Crippen molar-refractivity contribution in [1.82, 2.24) is 0 Å². The number of carbonyl (C=O) groups is 1. The van der Waals surface area contributed by atoms with Crippen molar-refractivity contribution in [1.29, 1.82) is 0 Å². The first kappa shape index (κ1) is 17.3. The average Bonchev–Trinajstić information content (AvgIpc) is 3.05. The number of hydrogen-bond donors (Lipinski definition) is 0. The van der Waals surface area contributed by atoms with E-state index in [1.54, 1.807) is 0 Å². The zero-order valence-electron chi connectivity index (χ0n) is 15.2. The molecule has 1 fully saturated rings. The molecule has 0 bridgehead atoms. The lowest BCUT2D eigenvalue weighted by atomic mass is 9.75. The van der Waals surface area contributed by atoms with E-state index in [1.165, 1.54) is 18.4 Å². The van der Waals surface area contributed by atoms with Crippen LogP contribution in [0.15, 0.2) is 42.0 Å². The number of esters is 1. The maximum atomic E-state index is 12.9. The van der Waals surface area contributed by atoms with E-state index < -0.39 is 0 Å². The lowest BCUT2D eigenvalue weighted by molar-refractivity contribution is -0.151. The first-order chi connectivity index (χ1) is 11.6. The molecule has 2 nitrogen and oxygen atoms in total. The lowest BCUT2D eigenvalue weighted by Crippen LogP contribution is -2.36. The Morgan fingerprint density at radius 3 is 2.58 bits per heavy atom. The number of ether oxygens (including phenoxy) is 1. The van der Waals surface area contributed by atoms with Crippen LogP contribution in [0.5, 0.6) is 0 Å². The second-order valence-corrected chi connectivity index (χ2v) is 7.97. The van der Waals surface area contributed by atoms with Gasteiger partial charge in [-0.3, -0.25) is 0 Å². The van der Waals surface area contributed by atoms with Crippen LogP contribution >= 0.6 is 0 Å². The van der Waals surface area contributed by atoms with Crippen LogP contribution in [0.3, 0.4) is 0 Å². The van der Waals surface area contributed by atoms with Crippen LogP contribution in [-0.2, 0) is 9.53 Å². The van der Waals surface area contributed by atoms with Gasteiger partial charge in [0.05, 0.1) is 0 Å². The maximum Gasteiger partial charge on any atom is 0.334 e. The zero-order chi connectivity index (χ0) is 17.1. The summed E-state index contributed by atoms with van der Waals surface area (Å²) in [6, 6.07) is 10.4. The highest BCUT2D eigenvalue weighted by Gasteiger charge is 2.35. The highest BCUT2D eigenvalue weighted by molar-refractivity contribution is 5.91. The molecule has 0 unspecified atom stereocenters. The first-order valence-corrected chi connectivity index (χ1v) is 9.52. The minimum absolute atomic E-state index is 0.0777. The summed E-state index contributed by atoms with van der Waals surface area (Å²) < 4.78 is 6.06. The molecule has 0 spiro atoms. The third-order valence-electron chi connectivity index (χ3n) is 5.85. The van der Waals surface area contributed by atoms with E-state index >= 15 is 0 Å². The summed E-state index contributed by atoms with van der Waals surface area (Å²) in [5.41, 5.74) is 2.11. The topological polar surface area (TPSA) is 26.3 Å². The smallest absolute Gasteiger partial charge is 0.334 e. The largest absolute Gasteiger partial charge is 0.459 e. The van der Waals surface area contributed by atoms with Gasteiger partial charge >= 0.3 is 5.97 Å². The monoisotopic (exact) mass is 326 g/mol. The van der Waals surface area contributed by atoms with E-state index in [-0.39, 0.29) is 18.0 Å². The van der Waals surface area contributed by atoms with E-state index in [2.05, 4.69) is 39.0 Å². The van der Waals surface area contributed by atoms with Crippen molar-refractivity contribution in [2.24, 2.45) is 17.8 Å². The van der Waals surface area contributed by atoms with E-state index in [9.17, 15) is 4.79 Å². The summed E-state index contributed by atoms with van der Waals surface area (Å²) in [5.74, 6) is 1.85. The fourth-order valence-electron chi connectivity index (χ4n) is 4.42. The van der Waals surface area contributed by atoms with Gasteiger partial charge in [-0.1, -0.05) is 63.6 Å². The van der Waals surface area contributed by atoms with Gasteiger partial charge in [0.15, 0.2) is 0 Å². The van der Waals surface area contributed by atoms with Gasteiger partial charge in [0.2, 0.25) is 0 Å². The molecule has 2 aliphatic rings. The van der Waals surface area contributed by atoms with Crippen molar-refractivity contribution < 1.29 is 9.53 Å². The third kappa shape index (κ3) is 3.74. The molecular weight excluding hydrogens is 296 g/mol. The number of hydrogen-bond acceptors (Lipinski definition) is 2. The van der Waals surface area contributed by atoms with Crippen molar-refractivity contribution in [3.05, 3.63) is 47.5 Å². The Labute approximate surface area is 146 Å². The normalized spacial score (nSPS) is 30.2. The Balaban J connectivity index is 1.71. The highest BCUT2D eigenvalue weighted by Crippen LogP contribution is 2.39. The second kappa shape index (κ2) is 7.55. The number of carbonyl (C=O) groups excluding carboxylic acids is 1. The number of rotatable bonds is 4. The molecule has 0 saturated heterocycles. The van der Waals surface area contributed by atoms with E-state index in [0.29, 0.717) is 17.8 Å². The Kier molecular flexibility index (Phi) is 5.43. The molecule has 0 amide bonds. The fraction of sp³-hybridized carbons (Fsp3) is 0.591. The summed E-state index contributed by atoms with van der Waals surface area (Å²) in [5, 5.41) is 0. The lowest BCUT2D eigenvalue weighted by Gasteiger charge is -2.37. The molecule has 3 rings (SSSR count). The van der Waals surface area contributed by atoms with Crippen LogP contribution < -0.4 is 0 Å². The quantitative estimate of drug-likeness (QED) is 0.683. The molecule has 4 atom stereocenters. The van der Waals surface area contributed by atoms with Gasteiger partial charge in [0.25, 0.3) is 0 Å². The molecule has 1 aromatic carbocycles. The van der Waals surface area contributed by atoms with Gasteiger partial charge < -0.3 is 4.74 Å². The molecule has 2 aliphatic carbocycles. The fourth-order valence-corrected chi connectivity index (χ4v) is 4.42. The minimum Gasteiger partial charge on any atom is -0.459 e. The predicted octanol–water partition coefficient (Wildman–Crippen LogP) is 5.49. The van der Waals surface area contributed by atoms with Gasteiger partial charge in [-0.05, 0) is 49.0 Å². The molecule has 1 saturated carbocycles. The standard InChI is InChI=1S/C22H30O2/c1-15(2)18-13-12-16(3)14-21(18)24-22(23)20-11-7-10-19(20)17-8-5-4-6-9-17/h4-6,8-9,11,15-16,18-19,21H,7,10,12-14H2,1-3H3/t16-,18+,19-,21-/m1/s1. The van der Waals surface area contributed by atoms with Gasteiger partial charge in [-0.25, -0.2) is 4.79 Å². The van der Waals surface area contributed by atoms with Crippen LogP contribution in [0, 0.1) is 17.8 Å². The molecule has 0 heterocycles. The highest BCUT2D eigenvalue weighted by atomic mass is 16.5. The zero-order valence-corrected chi connectivity index (χ0v) is 15.2. The Hall–Kier alpha value is -1.57. The van der Waals surface area contributed by atoms with Crippen molar-refractivity contribution >= 4 is 5.97 Å². The average molecular weight is 326 g/mol. The van der Waals surface area contributed by atoms with Crippen molar-refractivity contribution in [2.45, 2.75) is 64.9 Å². The summed E-state index contributed by atoms with van der Waals surface area (Å²) in [6.07, 6.45) is 7.61. The molecule has 0 aliphatic heterocycles. The van der Waals surface area contributed by atoms with Crippen LogP contribution in [-0.4, -0.2) is 12.1 Å². The summed E-state index contributed by atoms with van der Waals surface area (Å²) in [4.78, 5) is 12.9. The van der Waals surface area contributed by atoms with Crippen LogP contribution in [0.4, 0.5) is 0 Å². The Bertz CT molecular complexity index is 587. The summed E-state index contributed by atoms with van der Waals surface area (Å²) in [6.45, 7) is 6.78. The van der Waals surface area contributed by atoms with Crippen molar-refractivity contribution in [3.8, 4) is 0 Å². The predicted molar refractivity (Wildman–Crippen MR) is 97.7 cm³/mol. The number of allylic oxidation sites excluding steroid dienone is 1. The second-order valence-electron chi connectivity index (χ2n) is 7.97. The molecule has 0 aromatic heterocycles. The maximum absolute atomic E-state index is 12.9. The molecule has 1 aromatic rings. The van der Waals surface area contributed by atoms with Gasteiger partial charge in [0, 0.05) is 11.5 Å². The summed E-state index contributed by atoms with van der Waals surface area (Å²) >= 11 is 0. The minimum atomic E-state index is -0.0777. The molecule has 0 radical (unpaired) electrons. The Morgan fingerprint density at radius 2 is 1.88 bits per heavy atom. The van der Waals surface area contributed by atoms with Gasteiger partial charge in [-0.2, -0.15) is 0 Å². The van der Waals surface area contributed by atoms with Gasteiger partial charge in [0.1, 0.15) is 6.10 Å². The molecule has 2 heteroatoms. The summed E-state index contributed by atoms with van der Waals surface area (Å²) in [7, 11) is 0. The van der Waals surface area contributed by atoms with Gasteiger partial charge in [-0.15, -0.1) is 0 Å². The first-order valence-electron chi connectivity index (χ1n) is 9.52. The van der Waals surface area contributed by atoms with Crippen molar-refractivity contribution in [2.75, 3.05) is 0 Å². The molecular formula is C22H30O2. The number of benzene rings is 1. The van der Waals surface area contributed by atoms with Crippen LogP contribution in [0.25, 0.3) is 0 Å². The Morgan fingerprint density at radius 1 is 1.12 bits per heavy atom. The van der Waals surface area contributed by atoms with E-state index in [1.807, 2.05) is 18.2 Å². The van der Waals surface area contributed by atoms with Crippen molar-refractivity contribution in [3.63, 3.8) is 0 Å². The van der Waals surface area contributed by atoms with Crippen LogP contribution in [0.2, 0.25) is 0 Å². The van der Waals surface area contributed by atoms with E-state index in [0.717, 1.165) is 24.8 Å². The van der Waals surface area contributed by atoms with E-state index in [4.69, 9.17) is 4.74 Å².